The van der Waals surface area contributed by atoms with E-state index in [4.69, 9.17) is 0 Å². The molecule has 100 valence electrons. The lowest BCUT2D eigenvalue weighted by Gasteiger charge is -2.12. The molecule has 5 nitrogen and oxygen atoms in total. The standard InChI is InChI=1S/C14H17N3O2/c1-4-10-7-5-6-8-11(10)17-13(9(2)3)12(14(18)19)15-16-17/h5-9H,4H2,1-3H3,(H,18,19). The van der Waals surface area contributed by atoms with Crippen molar-refractivity contribution in [1.29, 1.82) is 0 Å². The number of para-hydroxylation sites is 1. The summed E-state index contributed by atoms with van der Waals surface area (Å²) < 4.78 is 1.65. The van der Waals surface area contributed by atoms with Gasteiger partial charge in [-0.25, -0.2) is 9.48 Å². The highest BCUT2D eigenvalue weighted by molar-refractivity contribution is 5.86. The molecule has 0 unspecified atom stereocenters. The van der Waals surface area contributed by atoms with Gasteiger partial charge in [-0.05, 0) is 24.0 Å². The van der Waals surface area contributed by atoms with Crippen molar-refractivity contribution in [3.05, 3.63) is 41.2 Å². The third kappa shape index (κ3) is 2.36. The van der Waals surface area contributed by atoms with Crippen molar-refractivity contribution in [1.82, 2.24) is 15.0 Å². The van der Waals surface area contributed by atoms with E-state index in [1.807, 2.05) is 38.1 Å². The number of carbonyl (C=O) groups is 1. The number of aryl methyl sites for hydroxylation is 1. The molecule has 1 aromatic carbocycles. The molecule has 0 aliphatic carbocycles. The van der Waals surface area contributed by atoms with Gasteiger partial charge < -0.3 is 5.11 Å². The predicted molar refractivity (Wildman–Crippen MR) is 71.8 cm³/mol. The summed E-state index contributed by atoms with van der Waals surface area (Å²) in [5.74, 6) is -1.00. The zero-order valence-electron chi connectivity index (χ0n) is 11.3. The van der Waals surface area contributed by atoms with Crippen molar-refractivity contribution < 1.29 is 9.90 Å². The summed E-state index contributed by atoms with van der Waals surface area (Å²) in [6.07, 6.45) is 0.857. The maximum absolute atomic E-state index is 11.2. The largest absolute Gasteiger partial charge is 0.476 e. The van der Waals surface area contributed by atoms with Gasteiger partial charge in [-0.2, -0.15) is 0 Å². The van der Waals surface area contributed by atoms with Crippen molar-refractivity contribution in [3.63, 3.8) is 0 Å². The van der Waals surface area contributed by atoms with Crippen LogP contribution in [-0.2, 0) is 6.42 Å². The van der Waals surface area contributed by atoms with Crippen LogP contribution in [-0.4, -0.2) is 26.1 Å². The molecule has 0 atom stereocenters. The van der Waals surface area contributed by atoms with Gasteiger partial charge in [-0.15, -0.1) is 5.10 Å². The van der Waals surface area contributed by atoms with E-state index in [0.29, 0.717) is 5.69 Å². The number of aromatic carboxylic acids is 1. The lowest BCUT2D eigenvalue weighted by atomic mass is 10.1. The molecule has 0 radical (unpaired) electrons. The first-order valence-corrected chi connectivity index (χ1v) is 6.33. The van der Waals surface area contributed by atoms with E-state index < -0.39 is 5.97 Å². The molecule has 2 aromatic rings. The van der Waals surface area contributed by atoms with E-state index in [1.54, 1.807) is 4.68 Å². The first-order valence-electron chi connectivity index (χ1n) is 6.33. The van der Waals surface area contributed by atoms with Gasteiger partial charge in [0, 0.05) is 0 Å². The van der Waals surface area contributed by atoms with Gasteiger partial charge in [0.15, 0.2) is 5.69 Å². The van der Waals surface area contributed by atoms with E-state index in [-0.39, 0.29) is 11.6 Å². The highest BCUT2D eigenvalue weighted by Crippen LogP contribution is 2.23. The van der Waals surface area contributed by atoms with E-state index in [1.165, 1.54) is 0 Å². The lowest BCUT2D eigenvalue weighted by Crippen LogP contribution is -2.10. The number of benzene rings is 1. The molecule has 0 aliphatic heterocycles. The average molecular weight is 259 g/mol. The Kier molecular flexibility index (Phi) is 3.64. The molecule has 1 N–H and O–H groups in total. The molecule has 5 heteroatoms. The Hall–Kier alpha value is -2.17. The molecule has 0 amide bonds. The first kappa shape index (κ1) is 13.3. The zero-order chi connectivity index (χ0) is 14.0. The quantitative estimate of drug-likeness (QED) is 0.916. The summed E-state index contributed by atoms with van der Waals surface area (Å²) in [6, 6.07) is 7.83. The molecule has 0 aliphatic rings. The monoisotopic (exact) mass is 259 g/mol. The Morgan fingerprint density at radius 1 is 1.37 bits per heavy atom. The zero-order valence-corrected chi connectivity index (χ0v) is 11.3. The highest BCUT2D eigenvalue weighted by Gasteiger charge is 2.22. The number of carboxylic acids is 1. The molecule has 0 spiro atoms. The number of carboxylic acid groups (broad SMARTS) is 1. The molecule has 0 saturated heterocycles. The Labute approximate surface area is 111 Å². The number of hydrogen-bond acceptors (Lipinski definition) is 3. The Balaban J connectivity index is 2.66. The summed E-state index contributed by atoms with van der Waals surface area (Å²) in [5, 5.41) is 17.0. The van der Waals surface area contributed by atoms with Crippen LogP contribution in [0.15, 0.2) is 24.3 Å². The van der Waals surface area contributed by atoms with E-state index in [0.717, 1.165) is 17.7 Å². The van der Waals surface area contributed by atoms with Crippen LogP contribution in [0.25, 0.3) is 5.69 Å². The molecule has 19 heavy (non-hydrogen) atoms. The normalized spacial score (nSPS) is 10.9. The fourth-order valence-corrected chi connectivity index (χ4v) is 2.15. The van der Waals surface area contributed by atoms with Gasteiger partial charge in [0.2, 0.25) is 0 Å². The maximum atomic E-state index is 11.2. The van der Waals surface area contributed by atoms with Gasteiger partial charge in [-0.3, -0.25) is 0 Å². The topological polar surface area (TPSA) is 68.0 Å². The summed E-state index contributed by atoms with van der Waals surface area (Å²) >= 11 is 0. The Morgan fingerprint density at radius 2 is 2.05 bits per heavy atom. The molecule has 0 fully saturated rings. The second-order valence-corrected chi connectivity index (χ2v) is 4.68. The molecular formula is C14H17N3O2. The molecule has 1 heterocycles. The van der Waals surface area contributed by atoms with Crippen molar-refractivity contribution in [3.8, 4) is 5.69 Å². The molecule has 2 rings (SSSR count). The van der Waals surface area contributed by atoms with E-state index >= 15 is 0 Å². The van der Waals surface area contributed by atoms with Gasteiger partial charge in [0.25, 0.3) is 0 Å². The van der Waals surface area contributed by atoms with Crippen LogP contribution >= 0.6 is 0 Å². The van der Waals surface area contributed by atoms with Gasteiger partial charge in [0.1, 0.15) is 0 Å². The van der Waals surface area contributed by atoms with Gasteiger partial charge >= 0.3 is 5.97 Å². The SMILES string of the molecule is CCc1ccccc1-n1nnc(C(=O)O)c1C(C)C. The predicted octanol–water partition coefficient (Wildman–Crippen LogP) is 2.65. The van der Waals surface area contributed by atoms with Crippen molar-refractivity contribution in [2.24, 2.45) is 0 Å². The number of hydrogen-bond donors (Lipinski definition) is 1. The van der Waals surface area contributed by atoms with Crippen molar-refractivity contribution >= 4 is 5.97 Å². The van der Waals surface area contributed by atoms with E-state index in [9.17, 15) is 9.90 Å². The van der Waals surface area contributed by atoms with Crippen LogP contribution in [0.1, 0.15) is 48.4 Å². The smallest absolute Gasteiger partial charge is 0.358 e. The van der Waals surface area contributed by atoms with Crippen molar-refractivity contribution in [2.75, 3.05) is 0 Å². The van der Waals surface area contributed by atoms with Gasteiger partial charge in [0.05, 0.1) is 11.4 Å². The molecule has 1 aromatic heterocycles. The highest BCUT2D eigenvalue weighted by atomic mass is 16.4. The Bertz CT molecular complexity index is 602. The second kappa shape index (κ2) is 5.22. The lowest BCUT2D eigenvalue weighted by molar-refractivity contribution is 0.0688. The van der Waals surface area contributed by atoms with Crippen molar-refractivity contribution in [2.45, 2.75) is 33.1 Å². The fourth-order valence-electron chi connectivity index (χ4n) is 2.15. The van der Waals surface area contributed by atoms with Crippen LogP contribution in [0.4, 0.5) is 0 Å². The first-order chi connectivity index (χ1) is 9.06. The summed E-state index contributed by atoms with van der Waals surface area (Å²) in [7, 11) is 0. The van der Waals surface area contributed by atoms with Gasteiger partial charge in [-0.1, -0.05) is 44.2 Å². The van der Waals surface area contributed by atoms with E-state index in [2.05, 4.69) is 17.2 Å². The summed E-state index contributed by atoms with van der Waals surface area (Å²) in [4.78, 5) is 11.2. The third-order valence-electron chi connectivity index (χ3n) is 3.06. The van der Waals surface area contributed by atoms with Crippen LogP contribution in [0.5, 0.6) is 0 Å². The van der Waals surface area contributed by atoms with Crippen LogP contribution < -0.4 is 0 Å². The Morgan fingerprint density at radius 3 is 2.63 bits per heavy atom. The van der Waals surface area contributed by atoms with Crippen LogP contribution in [0.2, 0.25) is 0 Å². The number of nitrogens with zero attached hydrogens (tertiary/aromatic N) is 3. The van der Waals surface area contributed by atoms with Crippen LogP contribution in [0.3, 0.4) is 0 Å². The second-order valence-electron chi connectivity index (χ2n) is 4.68. The summed E-state index contributed by atoms with van der Waals surface area (Å²) in [6.45, 7) is 5.94. The number of rotatable bonds is 4. The minimum atomic E-state index is -1.04. The fraction of sp³-hybridized carbons (Fsp3) is 0.357. The minimum absolute atomic E-state index is 0.0286. The number of aromatic nitrogens is 3. The maximum Gasteiger partial charge on any atom is 0.358 e. The third-order valence-corrected chi connectivity index (χ3v) is 3.06. The average Bonchev–Trinajstić information content (AvgIpc) is 2.83. The molecule has 0 bridgehead atoms. The molecule has 0 saturated carbocycles. The minimum Gasteiger partial charge on any atom is -0.476 e. The summed E-state index contributed by atoms with van der Waals surface area (Å²) in [5.41, 5.74) is 2.68. The molecular weight excluding hydrogens is 242 g/mol. The van der Waals surface area contributed by atoms with Crippen LogP contribution in [0, 0.1) is 0 Å².